The summed E-state index contributed by atoms with van der Waals surface area (Å²) in [4.78, 5) is 8.68. The fourth-order valence-electron chi connectivity index (χ4n) is 1.98. The van der Waals surface area contributed by atoms with Crippen LogP contribution in [0.15, 0.2) is 36.5 Å². The molecule has 0 atom stereocenters. The molecule has 0 saturated carbocycles. The Hall–Kier alpha value is -2.21. The number of hydrogen-bond acceptors (Lipinski definition) is 3. The van der Waals surface area contributed by atoms with Gasteiger partial charge in [-0.25, -0.2) is 9.97 Å². The topological polar surface area (TPSA) is 49.6 Å². The van der Waals surface area contributed by atoms with Gasteiger partial charge in [0, 0.05) is 24.6 Å². The molecule has 0 aliphatic rings. The molecule has 0 fully saturated rings. The summed E-state index contributed by atoms with van der Waals surface area (Å²) in [6.45, 7) is 2.18. The number of rotatable bonds is 5. The van der Waals surface area contributed by atoms with Crippen LogP contribution in [0.25, 0.3) is 11.3 Å². The standard InChI is InChI=1S/C16H17N3/c1-2-4-13-6-8-14(9-7-13)15-10-12-18-16(19-15)5-3-11-17/h6-10,12H,2-5H2,1H3. The van der Waals surface area contributed by atoms with Crippen molar-refractivity contribution in [2.24, 2.45) is 0 Å². The van der Waals surface area contributed by atoms with Crippen molar-refractivity contribution in [3.8, 4) is 17.3 Å². The maximum absolute atomic E-state index is 8.59. The number of nitrogens with zero attached hydrogens (tertiary/aromatic N) is 3. The molecule has 96 valence electrons. The van der Waals surface area contributed by atoms with Gasteiger partial charge >= 0.3 is 0 Å². The van der Waals surface area contributed by atoms with Gasteiger partial charge in [0.05, 0.1) is 11.8 Å². The average Bonchev–Trinajstić information content (AvgIpc) is 2.46. The highest BCUT2D eigenvalue weighted by Crippen LogP contribution is 2.18. The molecule has 0 N–H and O–H groups in total. The highest BCUT2D eigenvalue weighted by Gasteiger charge is 2.02. The molecule has 2 aromatic rings. The van der Waals surface area contributed by atoms with Gasteiger partial charge in [0.2, 0.25) is 0 Å². The van der Waals surface area contributed by atoms with Gasteiger partial charge in [-0.05, 0) is 18.1 Å². The van der Waals surface area contributed by atoms with Crippen molar-refractivity contribution >= 4 is 0 Å². The summed E-state index contributed by atoms with van der Waals surface area (Å²) in [5.74, 6) is 0.733. The van der Waals surface area contributed by atoms with E-state index in [1.54, 1.807) is 6.20 Å². The first kappa shape index (κ1) is 13.2. The van der Waals surface area contributed by atoms with Gasteiger partial charge in [-0.3, -0.25) is 0 Å². The van der Waals surface area contributed by atoms with Crippen LogP contribution in [0.4, 0.5) is 0 Å². The molecule has 1 aromatic carbocycles. The lowest BCUT2D eigenvalue weighted by molar-refractivity contribution is 0.887. The van der Waals surface area contributed by atoms with Crippen LogP contribution in [0.5, 0.6) is 0 Å². The molecule has 0 bridgehead atoms. The molecule has 1 aromatic heterocycles. The number of benzene rings is 1. The molecule has 0 saturated heterocycles. The summed E-state index contributed by atoms with van der Waals surface area (Å²) in [6.07, 6.45) is 5.09. The van der Waals surface area contributed by atoms with Crippen LogP contribution in [0, 0.1) is 11.3 Å². The van der Waals surface area contributed by atoms with E-state index in [0.717, 1.165) is 29.9 Å². The summed E-state index contributed by atoms with van der Waals surface area (Å²) >= 11 is 0. The van der Waals surface area contributed by atoms with Crippen molar-refractivity contribution in [1.29, 1.82) is 5.26 Å². The number of aromatic nitrogens is 2. The fraction of sp³-hybridized carbons (Fsp3) is 0.312. The first-order valence-electron chi connectivity index (χ1n) is 6.61. The third-order valence-electron chi connectivity index (χ3n) is 2.95. The van der Waals surface area contributed by atoms with Crippen molar-refractivity contribution in [3.63, 3.8) is 0 Å². The Balaban J connectivity index is 2.19. The lowest BCUT2D eigenvalue weighted by Crippen LogP contribution is -1.96. The predicted octanol–water partition coefficient (Wildman–Crippen LogP) is 3.55. The van der Waals surface area contributed by atoms with E-state index < -0.39 is 0 Å². The second kappa shape index (κ2) is 6.65. The quantitative estimate of drug-likeness (QED) is 0.816. The van der Waals surface area contributed by atoms with E-state index in [0.29, 0.717) is 12.8 Å². The Morgan fingerprint density at radius 2 is 1.89 bits per heavy atom. The molecule has 0 spiro atoms. The van der Waals surface area contributed by atoms with Crippen molar-refractivity contribution in [2.45, 2.75) is 32.6 Å². The van der Waals surface area contributed by atoms with E-state index in [-0.39, 0.29) is 0 Å². The van der Waals surface area contributed by atoms with Crippen LogP contribution < -0.4 is 0 Å². The van der Waals surface area contributed by atoms with Crippen LogP contribution in [0.1, 0.15) is 31.2 Å². The first-order chi connectivity index (χ1) is 9.33. The zero-order chi connectivity index (χ0) is 13.5. The highest BCUT2D eigenvalue weighted by molar-refractivity contribution is 5.59. The van der Waals surface area contributed by atoms with Crippen LogP contribution in [0.3, 0.4) is 0 Å². The molecule has 1 heterocycles. The Kier molecular flexibility index (Phi) is 4.63. The summed E-state index contributed by atoms with van der Waals surface area (Å²) in [6, 6.07) is 12.5. The monoisotopic (exact) mass is 251 g/mol. The third kappa shape index (κ3) is 3.62. The smallest absolute Gasteiger partial charge is 0.129 e. The van der Waals surface area contributed by atoms with E-state index in [2.05, 4.69) is 47.2 Å². The molecule has 0 aliphatic carbocycles. The maximum Gasteiger partial charge on any atom is 0.129 e. The molecule has 2 rings (SSSR count). The van der Waals surface area contributed by atoms with Gasteiger partial charge in [-0.15, -0.1) is 0 Å². The lowest BCUT2D eigenvalue weighted by Gasteiger charge is -2.04. The fourth-order valence-corrected chi connectivity index (χ4v) is 1.98. The molecule has 0 amide bonds. The number of nitriles is 1. The van der Waals surface area contributed by atoms with Crippen molar-refractivity contribution in [1.82, 2.24) is 9.97 Å². The van der Waals surface area contributed by atoms with Gasteiger partial charge < -0.3 is 0 Å². The zero-order valence-corrected chi connectivity index (χ0v) is 11.1. The van der Waals surface area contributed by atoms with Gasteiger partial charge in [0.1, 0.15) is 5.82 Å². The van der Waals surface area contributed by atoms with Gasteiger partial charge in [0.15, 0.2) is 0 Å². The molecule has 0 radical (unpaired) electrons. The molecule has 0 aliphatic heterocycles. The second-order valence-corrected chi connectivity index (χ2v) is 4.46. The van der Waals surface area contributed by atoms with E-state index in [4.69, 9.17) is 5.26 Å². The van der Waals surface area contributed by atoms with Gasteiger partial charge in [-0.2, -0.15) is 5.26 Å². The molecular weight excluding hydrogens is 234 g/mol. The minimum Gasteiger partial charge on any atom is -0.241 e. The van der Waals surface area contributed by atoms with Crippen LogP contribution in [0.2, 0.25) is 0 Å². The van der Waals surface area contributed by atoms with E-state index >= 15 is 0 Å². The van der Waals surface area contributed by atoms with Crippen LogP contribution >= 0.6 is 0 Å². The zero-order valence-electron chi connectivity index (χ0n) is 11.1. The highest BCUT2D eigenvalue weighted by atomic mass is 14.9. The Labute approximate surface area is 114 Å². The summed E-state index contributed by atoms with van der Waals surface area (Å²) in [7, 11) is 0. The predicted molar refractivity (Wildman–Crippen MR) is 75.4 cm³/mol. The van der Waals surface area contributed by atoms with Crippen molar-refractivity contribution in [3.05, 3.63) is 47.9 Å². The molecule has 3 heteroatoms. The Morgan fingerprint density at radius 3 is 2.58 bits per heavy atom. The summed E-state index contributed by atoms with van der Waals surface area (Å²) < 4.78 is 0. The molecule has 19 heavy (non-hydrogen) atoms. The second-order valence-electron chi connectivity index (χ2n) is 4.46. The molecule has 0 unspecified atom stereocenters. The molecule has 3 nitrogen and oxygen atoms in total. The normalized spacial score (nSPS) is 10.1. The SMILES string of the molecule is CCCc1ccc(-c2ccnc(CCC#N)n2)cc1. The summed E-state index contributed by atoms with van der Waals surface area (Å²) in [5.41, 5.74) is 3.37. The average molecular weight is 251 g/mol. The Bertz CT molecular complexity index is 567. The third-order valence-corrected chi connectivity index (χ3v) is 2.95. The maximum atomic E-state index is 8.59. The first-order valence-corrected chi connectivity index (χ1v) is 6.61. The summed E-state index contributed by atoms with van der Waals surface area (Å²) in [5, 5.41) is 8.59. The largest absolute Gasteiger partial charge is 0.241 e. The lowest BCUT2D eigenvalue weighted by atomic mass is 10.1. The van der Waals surface area contributed by atoms with Gasteiger partial charge in [-0.1, -0.05) is 37.6 Å². The van der Waals surface area contributed by atoms with E-state index in [1.807, 2.05) is 6.07 Å². The number of aryl methyl sites for hydroxylation is 2. The van der Waals surface area contributed by atoms with E-state index in [9.17, 15) is 0 Å². The minimum absolute atomic E-state index is 0.457. The van der Waals surface area contributed by atoms with Crippen LogP contribution in [-0.2, 0) is 12.8 Å². The van der Waals surface area contributed by atoms with Gasteiger partial charge in [0.25, 0.3) is 0 Å². The Morgan fingerprint density at radius 1 is 1.11 bits per heavy atom. The van der Waals surface area contributed by atoms with E-state index in [1.165, 1.54) is 5.56 Å². The number of hydrogen-bond donors (Lipinski definition) is 0. The van der Waals surface area contributed by atoms with Crippen LogP contribution in [-0.4, -0.2) is 9.97 Å². The van der Waals surface area contributed by atoms with Crippen molar-refractivity contribution < 1.29 is 0 Å². The van der Waals surface area contributed by atoms with Crippen molar-refractivity contribution in [2.75, 3.05) is 0 Å². The minimum atomic E-state index is 0.457. The molecular formula is C16H17N3.